The van der Waals surface area contributed by atoms with Crippen LogP contribution < -0.4 is 14.4 Å². The predicted octanol–water partition coefficient (Wildman–Crippen LogP) is 2.31. The van der Waals surface area contributed by atoms with Crippen LogP contribution in [0.4, 0.5) is 5.69 Å². The van der Waals surface area contributed by atoms with E-state index in [2.05, 4.69) is 28.0 Å². The minimum Gasteiger partial charge on any atom is -0.495 e. The molecule has 0 aliphatic carbocycles. The summed E-state index contributed by atoms with van der Waals surface area (Å²) in [6.07, 6.45) is 0.984. The molecule has 0 spiro atoms. The second kappa shape index (κ2) is 7.56. The van der Waals surface area contributed by atoms with Gasteiger partial charge in [0.1, 0.15) is 18.1 Å². The third-order valence-electron chi connectivity index (χ3n) is 5.45. The highest BCUT2D eigenvalue weighted by atomic mass is 16.5. The van der Waals surface area contributed by atoms with Gasteiger partial charge in [-0.15, -0.1) is 0 Å². The van der Waals surface area contributed by atoms with E-state index < -0.39 is 0 Å². The Morgan fingerprint density at radius 1 is 1.12 bits per heavy atom. The largest absolute Gasteiger partial charge is 0.495 e. The summed E-state index contributed by atoms with van der Waals surface area (Å²) in [4.78, 5) is 4.93. The lowest BCUT2D eigenvalue weighted by Crippen LogP contribution is -2.53. The van der Waals surface area contributed by atoms with Crippen molar-refractivity contribution in [2.24, 2.45) is 0 Å². The lowest BCUT2D eigenvalue weighted by Gasteiger charge is -2.41. The minimum atomic E-state index is 0.0789. The topological polar surface area (TPSA) is 45.2 Å². The molecule has 0 aromatic heterocycles. The van der Waals surface area contributed by atoms with Crippen LogP contribution in [0, 0.1) is 0 Å². The number of benzene rings is 2. The van der Waals surface area contributed by atoms with E-state index in [-0.39, 0.29) is 6.61 Å². The fourth-order valence-electron chi connectivity index (χ4n) is 3.98. The number of hydrogen-bond acceptors (Lipinski definition) is 5. The van der Waals surface area contributed by atoms with Crippen LogP contribution in [-0.2, 0) is 13.0 Å². The normalized spacial score (nSPS) is 20.4. The minimum absolute atomic E-state index is 0.0789. The Bertz CT molecular complexity index is 757. The quantitative estimate of drug-likeness (QED) is 0.913. The highest BCUT2D eigenvalue weighted by molar-refractivity contribution is 5.58. The van der Waals surface area contributed by atoms with Crippen molar-refractivity contribution in [1.82, 2.24) is 4.90 Å². The molecule has 2 aliphatic heterocycles. The van der Waals surface area contributed by atoms with Gasteiger partial charge in [-0.3, -0.25) is 4.90 Å². The maximum Gasteiger partial charge on any atom is 0.142 e. The van der Waals surface area contributed by atoms with E-state index in [4.69, 9.17) is 9.47 Å². The van der Waals surface area contributed by atoms with Crippen molar-refractivity contribution in [1.29, 1.82) is 0 Å². The van der Waals surface area contributed by atoms with Crippen LogP contribution in [0.2, 0.25) is 0 Å². The zero-order chi connectivity index (χ0) is 17.9. The van der Waals surface area contributed by atoms with Crippen LogP contribution in [0.5, 0.6) is 11.5 Å². The van der Waals surface area contributed by atoms with Crippen LogP contribution in [0.1, 0.15) is 11.1 Å². The number of piperazine rings is 1. The SMILES string of the molecule is COc1ccccc1N1CCN(C2COc3ccc(CO)cc3C2)CC1. The summed E-state index contributed by atoms with van der Waals surface area (Å²) in [5.74, 6) is 1.90. The Balaban J connectivity index is 1.41. The van der Waals surface area contributed by atoms with Crippen molar-refractivity contribution in [3.63, 3.8) is 0 Å². The van der Waals surface area contributed by atoms with Gasteiger partial charge in [-0.1, -0.05) is 18.2 Å². The molecule has 2 heterocycles. The number of rotatable bonds is 4. The fraction of sp³-hybridized carbons (Fsp3) is 0.429. The summed E-state index contributed by atoms with van der Waals surface area (Å²) in [5, 5.41) is 9.37. The average molecular weight is 354 g/mol. The van der Waals surface area contributed by atoms with Crippen molar-refractivity contribution in [2.75, 3.05) is 44.8 Å². The maximum atomic E-state index is 9.37. The standard InChI is InChI=1S/C21H26N2O3/c1-25-21-5-3-2-4-19(21)23-10-8-22(9-11-23)18-13-17-12-16(14-24)6-7-20(17)26-15-18/h2-7,12,18,24H,8-11,13-15H2,1H3. The average Bonchev–Trinajstić information content (AvgIpc) is 2.73. The number of aliphatic hydroxyl groups is 1. The van der Waals surface area contributed by atoms with E-state index in [0.29, 0.717) is 6.04 Å². The first-order chi connectivity index (χ1) is 12.8. The lowest BCUT2D eigenvalue weighted by molar-refractivity contribution is 0.113. The Labute approximate surface area is 154 Å². The summed E-state index contributed by atoms with van der Waals surface area (Å²) in [5.41, 5.74) is 3.33. The molecule has 1 N–H and O–H groups in total. The molecule has 1 saturated heterocycles. The van der Waals surface area contributed by atoms with Gasteiger partial charge in [0, 0.05) is 32.2 Å². The smallest absolute Gasteiger partial charge is 0.142 e. The molecule has 2 aromatic carbocycles. The molecule has 2 aromatic rings. The van der Waals surface area contributed by atoms with Crippen molar-refractivity contribution >= 4 is 5.69 Å². The molecule has 0 saturated carbocycles. The number of nitrogens with zero attached hydrogens (tertiary/aromatic N) is 2. The second-order valence-corrected chi connectivity index (χ2v) is 6.96. The molecule has 4 rings (SSSR count). The molecule has 0 bridgehead atoms. The number of hydrogen-bond donors (Lipinski definition) is 1. The van der Waals surface area contributed by atoms with E-state index in [1.807, 2.05) is 24.3 Å². The van der Waals surface area contributed by atoms with Crippen LogP contribution in [0.25, 0.3) is 0 Å². The number of anilines is 1. The van der Waals surface area contributed by atoms with Crippen LogP contribution >= 0.6 is 0 Å². The Hall–Kier alpha value is -2.24. The van der Waals surface area contributed by atoms with Gasteiger partial charge in [0.05, 0.1) is 19.4 Å². The Kier molecular flexibility index (Phi) is 5.00. The molecule has 5 nitrogen and oxygen atoms in total. The predicted molar refractivity (Wildman–Crippen MR) is 102 cm³/mol. The van der Waals surface area contributed by atoms with Crippen LogP contribution in [0.3, 0.4) is 0 Å². The fourth-order valence-corrected chi connectivity index (χ4v) is 3.98. The van der Waals surface area contributed by atoms with E-state index in [0.717, 1.165) is 56.3 Å². The third kappa shape index (κ3) is 3.37. The van der Waals surface area contributed by atoms with Gasteiger partial charge in [-0.25, -0.2) is 0 Å². The van der Waals surface area contributed by atoms with E-state index in [1.165, 1.54) is 11.3 Å². The molecule has 1 fully saturated rings. The molecular formula is C21H26N2O3. The number of methoxy groups -OCH3 is 1. The molecule has 5 heteroatoms. The number of ether oxygens (including phenoxy) is 2. The maximum absolute atomic E-state index is 9.37. The Morgan fingerprint density at radius 2 is 1.92 bits per heavy atom. The van der Waals surface area contributed by atoms with Crippen molar-refractivity contribution < 1.29 is 14.6 Å². The summed E-state index contributed by atoms with van der Waals surface area (Å²) in [7, 11) is 1.73. The van der Waals surface area contributed by atoms with E-state index >= 15 is 0 Å². The van der Waals surface area contributed by atoms with Gasteiger partial charge in [0.15, 0.2) is 0 Å². The molecule has 1 unspecified atom stereocenters. The zero-order valence-electron chi connectivity index (χ0n) is 15.2. The molecule has 26 heavy (non-hydrogen) atoms. The summed E-state index contributed by atoms with van der Waals surface area (Å²) in [6.45, 7) is 4.82. The van der Waals surface area contributed by atoms with E-state index in [9.17, 15) is 5.11 Å². The highest BCUT2D eigenvalue weighted by Crippen LogP contribution is 2.31. The van der Waals surface area contributed by atoms with Gasteiger partial charge in [-0.05, 0) is 41.8 Å². The third-order valence-corrected chi connectivity index (χ3v) is 5.45. The Morgan fingerprint density at radius 3 is 2.69 bits per heavy atom. The number of aliphatic hydroxyl groups excluding tert-OH is 1. The van der Waals surface area contributed by atoms with Gasteiger partial charge in [0.25, 0.3) is 0 Å². The summed E-state index contributed by atoms with van der Waals surface area (Å²) >= 11 is 0. The van der Waals surface area contributed by atoms with Gasteiger partial charge >= 0.3 is 0 Å². The molecule has 0 radical (unpaired) electrons. The van der Waals surface area contributed by atoms with Gasteiger partial charge < -0.3 is 19.5 Å². The second-order valence-electron chi connectivity index (χ2n) is 6.96. The van der Waals surface area contributed by atoms with E-state index in [1.54, 1.807) is 7.11 Å². The van der Waals surface area contributed by atoms with Crippen molar-refractivity contribution in [3.05, 3.63) is 53.6 Å². The van der Waals surface area contributed by atoms with Gasteiger partial charge in [0.2, 0.25) is 0 Å². The molecule has 2 aliphatic rings. The monoisotopic (exact) mass is 354 g/mol. The van der Waals surface area contributed by atoms with Crippen LogP contribution in [-0.4, -0.2) is 55.9 Å². The summed E-state index contributed by atoms with van der Waals surface area (Å²) in [6, 6.07) is 14.6. The molecular weight excluding hydrogens is 328 g/mol. The highest BCUT2D eigenvalue weighted by Gasteiger charge is 2.29. The summed E-state index contributed by atoms with van der Waals surface area (Å²) < 4.78 is 11.5. The van der Waals surface area contributed by atoms with Crippen molar-refractivity contribution in [3.8, 4) is 11.5 Å². The first-order valence-electron chi connectivity index (χ1n) is 9.26. The van der Waals surface area contributed by atoms with Crippen LogP contribution in [0.15, 0.2) is 42.5 Å². The molecule has 138 valence electrons. The number of fused-ring (bicyclic) bond motifs is 1. The lowest BCUT2D eigenvalue weighted by atomic mass is 9.99. The molecule has 1 atom stereocenters. The first-order valence-corrected chi connectivity index (χ1v) is 9.26. The first kappa shape index (κ1) is 17.2. The molecule has 0 amide bonds. The van der Waals surface area contributed by atoms with Crippen molar-refractivity contribution in [2.45, 2.75) is 19.1 Å². The number of para-hydroxylation sites is 2. The van der Waals surface area contributed by atoms with Gasteiger partial charge in [-0.2, -0.15) is 0 Å². The zero-order valence-corrected chi connectivity index (χ0v) is 15.2.